The molecule has 1 aliphatic carbocycles. The summed E-state index contributed by atoms with van der Waals surface area (Å²) < 4.78 is 56.4. The van der Waals surface area contributed by atoms with Gasteiger partial charge in [0, 0.05) is 6.54 Å². The molecule has 2 aromatic rings. The molecule has 8 heteroatoms. The Labute approximate surface area is 213 Å². The number of unbranched alkanes of at least 4 members (excludes halogenated alkanes) is 2. The van der Waals surface area contributed by atoms with E-state index in [4.69, 9.17) is 4.89 Å². The second-order valence-electron chi connectivity index (χ2n) is 9.90. The third kappa shape index (κ3) is 9.02. The van der Waals surface area contributed by atoms with Crippen LogP contribution in [0.3, 0.4) is 0 Å². The lowest BCUT2D eigenvalue weighted by molar-refractivity contribution is -0.138. The summed E-state index contributed by atoms with van der Waals surface area (Å²) in [5.74, 6) is 0. The van der Waals surface area contributed by atoms with Crippen molar-refractivity contribution in [3.63, 3.8) is 0 Å². The number of benzene rings is 2. The van der Waals surface area contributed by atoms with E-state index in [-0.39, 0.29) is 12.0 Å². The molecule has 4 nitrogen and oxygen atoms in total. The SMILES string of the molecule is O=[PH](O)OCCCNCc1ccc(CCCCCC2(c3ccccc3)CCCCC2)c(C(F)(F)F)c1. The topological polar surface area (TPSA) is 58.6 Å². The minimum absolute atomic E-state index is 0.139. The van der Waals surface area contributed by atoms with Crippen molar-refractivity contribution in [2.24, 2.45) is 0 Å². The Balaban J connectivity index is 1.50. The molecule has 3 rings (SSSR count). The van der Waals surface area contributed by atoms with Crippen molar-refractivity contribution in [1.82, 2.24) is 5.32 Å². The van der Waals surface area contributed by atoms with Gasteiger partial charge in [0.15, 0.2) is 0 Å². The van der Waals surface area contributed by atoms with Crippen LogP contribution in [0.25, 0.3) is 0 Å². The van der Waals surface area contributed by atoms with Crippen LogP contribution in [0.15, 0.2) is 48.5 Å². The molecule has 0 amide bonds. The number of nitrogens with one attached hydrogen (secondary N) is 1. The molecule has 0 aliphatic heterocycles. The van der Waals surface area contributed by atoms with E-state index in [0.717, 1.165) is 25.7 Å². The molecular weight excluding hydrogens is 486 g/mol. The van der Waals surface area contributed by atoms with Gasteiger partial charge >= 0.3 is 14.4 Å². The Morgan fingerprint density at radius 3 is 2.42 bits per heavy atom. The minimum Gasteiger partial charge on any atom is -0.326 e. The molecular formula is C28H39F3NO3P. The number of alkyl halides is 3. The smallest absolute Gasteiger partial charge is 0.326 e. The van der Waals surface area contributed by atoms with Gasteiger partial charge in [-0.15, -0.1) is 0 Å². The van der Waals surface area contributed by atoms with Crippen molar-refractivity contribution < 1.29 is 27.2 Å². The highest BCUT2D eigenvalue weighted by atomic mass is 31.1. The van der Waals surface area contributed by atoms with Gasteiger partial charge in [-0.1, -0.05) is 74.6 Å². The van der Waals surface area contributed by atoms with Crippen LogP contribution in [-0.2, 0) is 33.6 Å². The fraction of sp³-hybridized carbons (Fsp3) is 0.571. The van der Waals surface area contributed by atoms with E-state index >= 15 is 0 Å². The number of halogens is 3. The fourth-order valence-corrected chi connectivity index (χ4v) is 5.78. The maximum atomic E-state index is 13.8. The zero-order valence-corrected chi connectivity index (χ0v) is 21.9. The van der Waals surface area contributed by atoms with E-state index in [1.165, 1.54) is 43.7 Å². The van der Waals surface area contributed by atoms with Crippen molar-refractivity contribution in [3.8, 4) is 0 Å². The highest BCUT2D eigenvalue weighted by molar-refractivity contribution is 7.32. The first kappa shape index (κ1) is 28.9. The molecule has 1 aliphatic rings. The van der Waals surface area contributed by atoms with Crippen LogP contribution in [0.4, 0.5) is 13.2 Å². The van der Waals surface area contributed by atoms with Gasteiger partial charge in [0.1, 0.15) is 0 Å². The average Bonchev–Trinajstić information content (AvgIpc) is 2.87. The molecule has 0 aromatic heterocycles. The van der Waals surface area contributed by atoms with Crippen LogP contribution in [-0.4, -0.2) is 18.0 Å². The third-order valence-corrected chi connectivity index (χ3v) is 7.78. The summed E-state index contributed by atoms with van der Waals surface area (Å²) in [6.45, 7) is 0.933. The summed E-state index contributed by atoms with van der Waals surface area (Å²) in [6, 6.07) is 15.4. The molecule has 2 aromatic carbocycles. The lowest BCUT2D eigenvalue weighted by Gasteiger charge is -2.38. The van der Waals surface area contributed by atoms with Gasteiger partial charge in [-0.05, 0) is 73.2 Å². The van der Waals surface area contributed by atoms with E-state index in [9.17, 15) is 17.7 Å². The molecule has 0 radical (unpaired) electrons. The summed E-state index contributed by atoms with van der Waals surface area (Å²) >= 11 is 0. The zero-order chi connectivity index (χ0) is 25.9. The van der Waals surface area contributed by atoms with Gasteiger partial charge in [-0.25, -0.2) is 0 Å². The average molecular weight is 526 g/mol. The predicted molar refractivity (Wildman–Crippen MR) is 138 cm³/mol. The number of hydrogen-bond donors (Lipinski definition) is 2. The summed E-state index contributed by atoms with van der Waals surface area (Å²) in [7, 11) is -2.94. The summed E-state index contributed by atoms with van der Waals surface area (Å²) in [6.07, 6.45) is 6.59. The first-order valence-corrected chi connectivity index (χ1v) is 14.4. The Hall–Kier alpha value is -1.66. The molecule has 36 heavy (non-hydrogen) atoms. The van der Waals surface area contributed by atoms with E-state index < -0.39 is 20.0 Å². The standard InChI is InChI=1S/C28H39F3NO3P/c29-28(30,31)26-21-23(22-32-19-10-20-35-36(33)34)14-15-24(26)11-4-2-7-16-27(17-8-3-9-18-27)25-12-5-1-6-13-25/h1,5-6,12-15,21,32,36H,2-4,7-11,16-20,22H2,(H,33,34). The van der Waals surface area contributed by atoms with Gasteiger partial charge in [-0.2, -0.15) is 13.2 Å². The van der Waals surface area contributed by atoms with Gasteiger partial charge in [-0.3, -0.25) is 4.57 Å². The summed E-state index contributed by atoms with van der Waals surface area (Å²) in [4.78, 5) is 8.63. The van der Waals surface area contributed by atoms with Crippen LogP contribution in [0.5, 0.6) is 0 Å². The normalized spacial score (nSPS) is 16.7. The summed E-state index contributed by atoms with van der Waals surface area (Å²) in [5, 5.41) is 3.06. The van der Waals surface area contributed by atoms with Crippen LogP contribution in [0.2, 0.25) is 0 Å². The van der Waals surface area contributed by atoms with Gasteiger partial charge in [0.05, 0.1) is 12.2 Å². The van der Waals surface area contributed by atoms with Crippen LogP contribution < -0.4 is 5.32 Å². The maximum Gasteiger partial charge on any atom is 0.416 e. The van der Waals surface area contributed by atoms with Crippen molar-refractivity contribution in [2.75, 3.05) is 13.2 Å². The molecule has 1 saturated carbocycles. The van der Waals surface area contributed by atoms with E-state index in [0.29, 0.717) is 37.1 Å². The first-order chi connectivity index (χ1) is 17.3. The van der Waals surface area contributed by atoms with Crippen molar-refractivity contribution in [2.45, 2.75) is 88.8 Å². The van der Waals surface area contributed by atoms with Crippen LogP contribution >= 0.6 is 8.25 Å². The molecule has 0 spiro atoms. The number of hydrogen-bond acceptors (Lipinski definition) is 3. The second kappa shape index (κ2) is 14.3. The molecule has 0 heterocycles. The molecule has 0 bridgehead atoms. The Morgan fingerprint density at radius 2 is 1.72 bits per heavy atom. The van der Waals surface area contributed by atoms with Crippen LogP contribution in [0.1, 0.15) is 86.5 Å². The number of rotatable bonds is 14. The zero-order valence-electron chi connectivity index (χ0n) is 20.9. The molecule has 1 fully saturated rings. The second-order valence-corrected chi connectivity index (χ2v) is 10.7. The largest absolute Gasteiger partial charge is 0.416 e. The first-order valence-electron chi connectivity index (χ1n) is 13.1. The van der Waals surface area contributed by atoms with E-state index in [1.54, 1.807) is 12.1 Å². The Bertz CT molecular complexity index is 947. The van der Waals surface area contributed by atoms with Crippen LogP contribution in [0, 0.1) is 0 Å². The monoisotopic (exact) mass is 525 g/mol. The maximum absolute atomic E-state index is 13.8. The highest BCUT2D eigenvalue weighted by Crippen LogP contribution is 2.43. The van der Waals surface area contributed by atoms with Crippen molar-refractivity contribution >= 4 is 8.25 Å². The quantitative estimate of drug-likeness (QED) is 0.197. The summed E-state index contributed by atoms with van der Waals surface area (Å²) in [5.41, 5.74) is 2.04. The molecule has 0 saturated heterocycles. The van der Waals surface area contributed by atoms with Gasteiger partial charge in [0.25, 0.3) is 0 Å². The number of aryl methyl sites for hydroxylation is 1. The fourth-order valence-electron chi connectivity index (χ4n) is 5.46. The highest BCUT2D eigenvalue weighted by Gasteiger charge is 2.34. The molecule has 1 atom stereocenters. The molecule has 2 N–H and O–H groups in total. The Kier molecular flexibility index (Phi) is 11.5. The lowest BCUT2D eigenvalue weighted by Crippen LogP contribution is -2.29. The Morgan fingerprint density at radius 1 is 0.972 bits per heavy atom. The van der Waals surface area contributed by atoms with Gasteiger partial charge < -0.3 is 14.7 Å². The van der Waals surface area contributed by atoms with E-state index in [1.807, 2.05) is 0 Å². The van der Waals surface area contributed by atoms with Crippen molar-refractivity contribution in [3.05, 3.63) is 70.8 Å². The van der Waals surface area contributed by atoms with Gasteiger partial charge in [0.2, 0.25) is 0 Å². The molecule has 200 valence electrons. The van der Waals surface area contributed by atoms with E-state index in [2.05, 4.69) is 40.2 Å². The lowest BCUT2D eigenvalue weighted by atomic mass is 9.66. The third-order valence-electron chi connectivity index (χ3n) is 7.33. The predicted octanol–water partition coefficient (Wildman–Crippen LogP) is 7.59. The molecule has 1 unspecified atom stereocenters. The minimum atomic E-state index is -4.38. The van der Waals surface area contributed by atoms with Crippen molar-refractivity contribution in [1.29, 1.82) is 0 Å².